The molecule has 1 atom stereocenters. The van der Waals surface area contributed by atoms with Gasteiger partial charge in [-0.15, -0.1) is 0 Å². The van der Waals surface area contributed by atoms with Gasteiger partial charge in [0.05, 0.1) is 18.3 Å². The molecule has 2 fully saturated rings. The lowest BCUT2D eigenvalue weighted by Gasteiger charge is -2.53. The zero-order valence-corrected chi connectivity index (χ0v) is 15.4. The standard InChI is InChI=1S/C18H36N2O2/c1-6-18(7-13-22-17(4,5)15-18)20-10-8-19(9-11-20)12-14-21-16(2)3/h16H,6-15H2,1-5H3. The molecular weight excluding hydrogens is 276 g/mol. The van der Waals surface area contributed by atoms with Crippen molar-refractivity contribution in [3.8, 4) is 0 Å². The smallest absolute Gasteiger partial charge is 0.0644 e. The summed E-state index contributed by atoms with van der Waals surface area (Å²) in [5, 5.41) is 0. The van der Waals surface area contributed by atoms with Gasteiger partial charge in [0.15, 0.2) is 0 Å². The minimum absolute atomic E-state index is 0.0243. The topological polar surface area (TPSA) is 24.9 Å². The van der Waals surface area contributed by atoms with Crippen LogP contribution in [-0.4, -0.2) is 73.0 Å². The van der Waals surface area contributed by atoms with Gasteiger partial charge >= 0.3 is 0 Å². The zero-order chi connectivity index (χ0) is 16.2. The second kappa shape index (κ2) is 7.61. The third-order valence-electron chi connectivity index (χ3n) is 5.37. The molecule has 4 nitrogen and oxygen atoms in total. The summed E-state index contributed by atoms with van der Waals surface area (Å²) < 4.78 is 11.6. The number of ether oxygens (including phenoxy) is 2. The lowest BCUT2D eigenvalue weighted by Crippen LogP contribution is -2.61. The van der Waals surface area contributed by atoms with Crippen molar-refractivity contribution < 1.29 is 9.47 Å². The molecule has 22 heavy (non-hydrogen) atoms. The number of hydrogen-bond acceptors (Lipinski definition) is 4. The fourth-order valence-electron chi connectivity index (χ4n) is 4.11. The van der Waals surface area contributed by atoms with Crippen LogP contribution >= 0.6 is 0 Å². The largest absolute Gasteiger partial charge is 0.377 e. The molecule has 0 saturated carbocycles. The monoisotopic (exact) mass is 312 g/mol. The molecule has 2 saturated heterocycles. The lowest BCUT2D eigenvalue weighted by molar-refractivity contribution is -0.129. The Morgan fingerprint density at radius 1 is 1.14 bits per heavy atom. The van der Waals surface area contributed by atoms with E-state index in [1.807, 2.05) is 0 Å². The molecule has 1 unspecified atom stereocenters. The van der Waals surface area contributed by atoms with Crippen LogP contribution in [0.4, 0.5) is 0 Å². The number of hydrogen-bond donors (Lipinski definition) is 0. The predicted molar refractivity (Wildman–Crippen MR) is 91.4 cm³/mol. The Kier molecular flexibility index (Phi) is 6.29. The average Bonchev–Trinajstić information content (AvgIpc) is 2.46. The second-order valence-corrected chi connectivity index (χ2v) is 7.86. The maximum Gasteiger partial charge on any atom is 0.0644 e. The normalized spacial score (nSPS) is 30.8. The van der Waals surface area contributed by atoms with E-state index < -0.39 is 0 Å². The van der Waals surface area contributed by atoms with Gasteiger partial charge < -0.3 is 9.47 Å². The zero-order valence-electron chi connectivity index (χ0n) is 15.4. The Morgan fingerprint density at radius 2 is 1.82 bits per heavy atom. The quantitative estimate of drug-likeness (QED) is 0.753. The van der Waals surface area contributed by atoms with Crippen molar-refractivity contribution >= 4 is 0 Å². The van der Waals surface area contributed by atoms with E-state index in [9.17, 15) is 0 Å². The Labute approximate surface area is 137 Å². The molecular formula is C18H36N2O2. The molecule has 2 rings (SSSR count). The van der Waals surface area contributed by atoms with Crippen molar-refractivity contribution in [2.45, 2.75) is 71.1 Å². The van der Waals surface area contributed by atoms with Gasteiger partial charge in [0.1, 0.15) is 0 Å². The second-order valence-electron chi connectivity index (χ2n) is 7.86. The van der Waals surface area contributed by atoms with Gasteiger partial charge in [-0.3, -0.25) is 9.80 Å². The number of rotatable bonds is 6. The Hall–Kier alpha value is -0.160. The minimum Gasteiger partial charge on any atom is -0.377 e. The molecule has 0 amide bonds. The Morgan fingerprint density at radius 3 is 2.36 bits per heavy atom. The third kappa shape index (κ3) is 4.67. The molecule has 0 bridgehead atoms. The van der Waals surface area contributed by atoms with Crippen LogP contribution in [0, 0.1) is 0 Å². The summed E-state index contributed by atoms with van der Waals surface area (Å²) in [4.78, 5) is 5.30. The Balaban J connectivity index is 1.84. The summed E-state index contributed by atoms with van der Waals surface area (Å²) in [6.45, 7) is 18.6. The summed E-state index contributed by atoms with van der Waals surface area (Å²) in [6, 6.07) is 0. The van der Waals surface area contributed by atoms with Crippen LogP contribution in [0.1, 0.15) is 53.9 Å². The van der Waals surface area contributed by atoms with E-state index in [0.29, 0.717) is 11.6 Å². The molecule has 2 aliphatic rings. The Bertz CT molecular complexity index is 338. The fraction of sp³-hybridized carbons (Fsp3) is 1.00. The minimum atomic E-state index is 0.0243. The first kappa shape index (κ1) is 18.2. The van der Waals surface area contributed by atoms with Crippen molar-refractivity contribution in [1.29, 1.82) is 0 Å². The van der Waals surface area contributed by atoms with Crippen molar-refractivity contribution in [3.05, 3.63) is 0 Å². The van der Waals surface area contributed by atoms with Gasteiger partial charge in [-0.05, 0) is 47.0 Å². The molecule has 0 aromatic heterocycles. The highest BCUT2D eigenvalue weighted by Crippen LogP contribution is 2.39. The van der Waals surface area contributed by atoms with Crippen LogP contribution in [0.15, 0.2) is 0 Å². The SMILES string of the molecule is CCC1(N2CCN(CCOC(C)C)CC2)CCOC(C)(C)C1. The highest BCUT2D eigenvalue weighted by molar-refractivity contribution is 4.99. The highest BCUT2D eigenvalue weighted by atomic mass is 16.5. The van der Waals surface area contributed by atoms with Crippen LogP contribution in [-0.2, 0) is 9.47 Å². The van der Waals surface area contributed by atoms with Crippen molar-refractivity contribution in [2.24, 2.45) is 0 Å². The summed E-state index contributed by atoms with van der Waals surface area (Å²) in [5.41, 5.74) is 0.374. The average molecular weight is 312 g/mol. The van der Waals surface area contributed by atoms with E-state index in [1.54, 1.807) is 0 Å². The maximum atomic E-state index is 5.96. The molecule has 0 N–H and O–H groups in total. The van der Waals surface area contributed by atoms with Crippen LogP contribution < -0.4 is 0 Å². The molecule has 0 spiro atoms. The van der Waals surface area contributed by atoms with Gasteiger partial charge in [-0.1, -0.05) is 6.92 Å². The van der Waals surface area contributed by atoms with E-state index in [-0.39, 0.29) is 5.60 Å². The van der Waals surface area contributed by atoms with Crippen molar-refractivity contribution in [2.75, 3.05) is 45.9 Å². The molecule has 130 valence electrons. The first-order chi connectivity index (χ1) is 10.4. The molecule has 4 heteroatoms. The number of nitrogens with zero attached hydrogens (tertiary/aromatic N) is 2. The number of piperazine rings is 1. The molecule has 0 radical (unpaired) electrons. The first-order valence-corrected chi connectivity index (χ1v) is 9.10. The van der Waals surface area contributed by atoms with E-state index in [4.69, 9.17) is 9.47 Å². The summed E-state index contributed by atoms with van der Waals surface area (Å²) in [6.07, 6.45) is 3.92. The molecule has 0 aromatic rings. The van der Waals surface area contributed by atoms with E-state index in [1.165, 1.54) is 39.0 Å². The first-order valence-electron chi connectivity index (χ1n) is 9.10. The van der Waals surface area contributed by atoms with Crippen molar-refractivity contribution in [3.63, 3.8) is 0 Å². The molecule has 2 heterocycles. The van der Waals surface area contributed by atoms with Gasteiger partial charge in [-0.2, -0.15) is 0 Å². The van der Waals surface area contributed by atoms with Crippen LogP contribution in [0.25, 0.3) is 0 Å². The highest BCUT2D eigenvalue weighted by Gasteiger charge is 2.44. The van der Waals surface area contributed by atoms with Crippen LogP contribution in [0.5, 0.6) is 0 Å². The summed E-state index contributed by atoms with van der Waals surface area (Å²) in [5.74, 6) is 0. The fourth-order valence-corrected chi connectivity index (χ4v) is 4.11. The van der Waals surface area contributed by atoms with Gasteiger partial charge in [0.25, 0.3) is 0 Å². The van der Waals surface area contributed by atoms with E-state index >= 15 is 0 Å². The van der Waals surface area contributed by atoms with E-state index in [0.717, 1.165) is 26.2 Å². The molecule has 0 aromatic carbocycles. The third-order valence-corrected chi connectivity index (χ3v) is 5.37. The van der Waals surface area contributed by atoms with Gasteiger partial charge in [-0.25, -0.2) is 0 Å². The summed E-state index contributed by atoms with van der Waals surface area (Å²) >= 11 is 0. The van der Waals surface area contributed by atoms with Crippen molar-refractivity contribution in [1.82, 2.24) is 9.80 Å². The molecule has 0 aliphatic carbocycles. The van der Waals surface area contributed by atoms with E-state index in [2.05, 4.69) is 44.4 Å². The lowest BCUT2D eigenvalue weighted by atomic mass is 9.77. The van der Waals surface area contributed by atoms with Gasteiger partial charge in [0, 0.05) is 44.9 Å². The van der Waals surface area contributed by atoms with Crippen LogP contribution in [0.2, 0.25) is 0 Å². The maximum absolute atomic E-state index is 5.96. The predicted octanol–water partition coefficient (Wildman–Crippen LogP) is 2.77. The van der Waals surface area contributed by atoms with Crippen LogP contribution in [0.3, 0.4) is 0 Å². The summed E-state index contributed by atoms with van der Waals surface area (Å²) in [7, 11) is 0. The van der Waals surface area contributed by atoms with Gasteiger partial charge in [0.2, 0.25) is 0 Å². The molecule has 2 aliphatic heterocycles.